The molecule has 0 saturated carbocycles. The van der Waals surface area contributed by atoms with Crippen LogP contribution < -0.4 is 10.6 Å². The van der Waals surface area contributed by atoms with Gasteiger partial charge < -0.3 is 5.32 Å². The highest BCUT2D eigenvalue weighted by Gasteiger charge is 2.08. The number of fused-ring (bicyclic) bond motifs is 1. The molecule has 2 atom stereocenters. The van der Waals surface area contributed by atoms with E-state index >= 15 is 0 Å². The lowest BCUT2D eigenvalue weighted by molar-refractivity contribution is 0.687. The van der Waals surface area contributed by atoms with E-state index in [2.05, 4.69) is 45.5 Å². The number of nitrogens with zero attached hydrogens (tertiary/aromatic N) is 1. The summed E-state index contributed by atoms with van der Waals surface area (Å²) in [6, 6.07) is 12.0. The Balaban J connectivity index is 2.11. The van der Waals surface area contributed by atoms with Crippen LogP contribution >= 0.6 is 9.24 Å². The number of nitrogens with one attached hydrogen (secondary N) is 1. The van der Waals surface area contributed by atoms with Crippen molar-refractivity contribution in [2.75, 3.05) is 11.6 Å². The van der Waals surface area contributed by atoms with Crippen LogP contribution in [0.3, 0.4) is 0 Å². The second kappa shape index (κ2) is 6.38. The number of hydrogen-bond acceptors (Lipinski definition) is 3. The van der Waals surface area contributed by atoms with Crippen LogP contribution in [0.2, 0.25) is 0 Å². The molecule has 1 N–H and O–H groups in total. The minimum Gasteiger partial charge on any atom is -0.355 e. The van der Waals surface area contributed by atoms with E-state index in [0.717, 1.165) is 27.2 Å². The molecule has 0 fully saturated rings. The Morgan fingerprint density at radius 2 is 1.83 bits per heavy atom. The number of aryl methyl sites for hydroxylation is 2. The van der Waals surface area contributed by atoms with Crippen molar-refractivity contribution in [1.29, 1.82) is 0 Å². The SMILES string of the molecule is Cc1cc(C)c(Nc2ccnc3ccc(S(C)=O)cc23)cc1P. The zero-order valence-electron chi connectivity index (χ0n) is 13.4. The van der Waals surface area contributed by atoms with Crippen LogP contribution in [-0.2, 0) is 10.8 Å². The summed E-state index contributed by atoms with van der Waals surface area (Å²) >= 11 is 0. The van der Waals surface area contributed by atoms with E-state index in [-0.39, 0.29) is 0 Å². The van der Waals surface area contributed by atoms with Crippen LogP contribution in [0.1, 0.15) is 11.1 Å². The number of aromatic nitrogens is 1. The summed E-state index contributed by atoms with van der Waals surface area (Å²) in [6.45, 7) is 4.19. The standard InChI is InChI=1S/C18H19N2OPS/c1-11-8-12(2)18(22)10-17(11)20-16-6-7-19-15-5-4-13(23(3)21)9-14(15)16/h4-10H,22H2,1-3H3,(H,19,20). The quantitative estimate of drug-likeness (QED) is 0.736. The van der Waals surface area contributed by atoms with Crippen molar-refractivity contribution in [3.8, 4) is 0 Å². The summed E-state index contributed by atoms with van der Waals surface area (Å²) in [4.78, 5) is 5.20. The van der Waals surface area contributed by atoms with Gasteiger partial charge in [-0.05, 0) is 60.6 Å². The molecule has 1 aromatic heterocycles. The molecule has 0 aliphatic heterocycles. The fourth-order valence-electron chi connectivity index (χ4n) is 2.56. The molecule has 0 aliphatic rings. The van der Waals surface area contributed by atoms with Gasteiger partial charge in [0.2, 0.25) is 0 Å². The minimum absolute atomic E-state index is 0.806. The molecule has 3 rings (SSSR count). The van der Waals surface area contributed by atoms with Crippen LogP contribution in [0.4, 0.5) is 11.4 Å². The zero-order valence-corrected chi connectivity index (χ0v) is 15.4. The molecule has 0 aliphatic carbocycles. The van der Waals surface area contributed by atoms with Crippen molar-refractivity contribution in [3.05, 3.63) is 53.7 Å². The number of anilines is 2. The minimum atomic E-state index is -1.01. The van der Waals surface area contributed by atoms with Crippen LogP contribution in [0, 0.1) is 13.8 Å². The molecule has 5 heteroatoms. The summed E-state index contributed by atoms with van der Waals surface area (Å²) < 4.78 is 11.8. The molecular formula is C18H19N2OPS. The predicted octanol–water partition coefficient (Wildman–Crippen LogP) is 3.83. The summed E-state index contributed by atoms with van der Waals surface area (Å²) in [5.41, 5.74) is 5.37. The monoisotopic (exact) mass is 342 g/mol. The molecule has 0 spiro atoms. The molecule has 2 aromatic carbocycles. The van der Waals surface area contributed by atoms with Crippen molar-refractivity contribution >= 4 is 47.6 Å². The number of benzene rings is 2. The third-order valence-corrected chi connectivity index (χ3v) is 5.47. The Morgan fingerprint density at radius 1 is 1.04 bits per heavy atom. The normalized spacial score (nSPS) is 12.3. The first-order valence-corrected chi connectivity index (χ1v) is 9.45. The highest BCUT2D eigenvalue weighted by Crippen LogP contribution is 2.28. The van der Waals surface area contributed by atoms with Gasteiger partial charge in [-0.15, -0.1) is 9.24 Å². The van der Waals surface area contributed by atoms with Gasteiger partial charge in [-0.1, -0.05) is 6.07 Å². The fourth-order valence-corrected chi connectivity index (χ4v) is 3.36. The van der Waals surface area contributed by atoms with Crippen LogP contribution in [0.25, 0.3) is 10.9 Å². The van der Waals surface area contributed by atoms with E-state index < -0.39 is 10.8 Å². The van der Waals surface area contributed by atoms with Crippen molar-refractivity contribution in [2.45, 2.75) is 18.7 Å². The van der Waals surface area contributed by atoms with Gasteiger partial charge in [-0.25, -0.2) is 0 Å². The topological polar surface area (TPSA) is 42.0 Å². The summed E-state index contributed by atoms with van der Waals surface area (Å²) in [5, 5.41) is 5.65. The third-order valence-electron chi connectivity index (χ3n) is 3.93. The van der Waals surface area contributed by atoms with Crippen molar-refractivity contribution < 1.29 is 4.21 Å². The molecule has 0 radical (unpaired) electrons. The van der Waals surface area contributed by atoms with Gasteiger partial charge in [0.1, 0.15) is 0 Å². The van der Waals surface area contributed by atoms with E-state index in [0.29, 0.717) is 0 Å². The Bertz CT molecular complexity index is 924. The number of pyridine rings is 1. The Kier molecular flexibility index (Phi) is 4.47. The average molecular weight is 342 g/mol. The highest BCUT2D eigenvalue weighted by molar-refractivity contribution is 7.84. The Morgan fingerprint density at radius 3 is 2.57 bits per heavy atom. The van der Waals surface area contributed by atoms with Crippen LogP contribution in [-0.4, -0.2) is 15.4 Å². The van der Waals surface area contributed by atoms with E-state index in [1.807, 2.05) is 24.3 Å². The molecule has 1 heterocycles. The predicted molar refractivity (Wildman–Crippen MR) is 103 cm³/mol. The van der Waals surface area contributed by atoms with Gasteiger partial charge in [0, 0.05) is 44.9 Å². The average Bonchev–Trinajstić information content (AvgIpc) is 2.52. The fraction of sp³-hybridized carbons (Fsp3) is 0.167. The maximum Gasteiger partial charge on any atom is 0.0723 e. The van der Waals surface area contributed by atoms with Crippen molar-refractivity contribution in [2.24, 2.45) is 0 Å². The second-order valence-electron chi connectivity index (χ2n) is 5.64. The Labute approximate surface area is 141 Å². The van der Waals surface area contributed by atoms with Crippen LogP contribution in [0.15, 0.2) is 47.5 Å². The number of hydrogen-bond donors (Lipinski definition) is 1. The summed E-state index contributed by atoms with van der Waals surface area (Å²) in [7, 11) is 1.76. The lowest BCUT2D eigenvalue weighted by Gasteiger charge is -2.14. The van der Waals surface area contributed by atoms with Gasteiger partial charge in [-0.3, -0.25) is 9.19 Å². The summed E-state index contributed by atoms with van der Waals surface area (Å²) in [6.07, 6.45) is 3.48. The smallest absolute Gasteiger partial charge is 0.0723 e. The lowest BCUT2D eigenvalue weighted by Crippen LogP contribution is -2.03. The summed E-state index contributed by atoms with van der Waals surface area (Å²) in [5.74, 6) is 0. The largest absolute Gasteiger partial charge is 0.355 e. The van der Waals surface area contributed by atoms with Gasteiger partial charge in [0.05, 0.1) is 5.52 Å². The first kappa shape index (κ1) is 16.1. The van der Waals surface area contributed by atoms with Gasteiger partial charge in [-0.2, -0.15) is 0 Å². The van der Waals surface area contributed by atoms with Crippen molar-refractivity contribution in [1.82, 2.24) is 4.98 Å². The second-order valence-corrected chi connectivity index (χ2v) is 7.64. The van der Waals surface area contributed by atoms with Crippen molar-refractivity contribution in [3.63, 3.8) is 0 Å². The molecular weight excluding hydrogens is 323 g/mol. The molecule has 0 saturated heterocycles. The molecule has 0 amide bonds. The van der Waals surface area contributed by atoms with E-state index in [4.69, 9.17) is 0 Å². The first-order valence-electron chi connectivity index (χ1n) is 7.31. The lowest BCUT2D eigenvalue weighted by atomic mass is 10.1. The molecule has 2 unspecified atom stereocenters. The molecule has 23 heavy (non-hydrogen) atoms. The number of rotatable bonds is 3. The Hall–Kier alpha value is -1.77. The van der Waals surface area contributed by atoms with E-state index in [9.17, 15) is 4.21 Å². The maximum atomic E-state index is 11.8. The third kappa shape index (κ3) is 3.29. The molecule has 3 nitrogen and oxygen atoms in total. The molecule has 3 aromatic rings. The van der Waals surface area contributed by atoms with Gasteiger partial charge >= 0.3 is 0 Å². The first-order chi connectivity index (χ1) is 11.0. The highest BCUT2D eigenvalue weighted by atomic mass is 32.2. The van der Waals surface area contributed by atoms with Gasteiger partial charge in [0.25, 0.3) is 0 Å². The van der Waals surface area contributed by atoms with E-state index in [1.165, 1.54) is 16.4 Å². The van der Waals surface area contributed by atoms with Gasteiger partial charge in [0.15, 0.2) is 0 Å². The molecule has 0 bridgehead atoms. The zero-order chi connectivity index (χ0) is 16.6. The maximum absolute atomic E-state index is 11.8. The van der Waals surface area contributed by atoms with E-state index in [1.54, 1.807) is 12.5 Å². The van der Waals surface area contributed by atoms with Crippen LogP contribution in [0.5, 0.6) is 0 Å². The molecule has 118 valence electrons.